The molecular formula is C14H14BrNO2S. The first-order chi connectivity index (χ1) is 9.08. The van der Waals surface area contributed by atoms with Crippen LogP contribution in [0, 0.1) is 6.92 Å². The molecule has 0 saturated carbocycles. The van der Waals surface area contributed by atoms with E-state index in [4.69, 9.17) is 5.11 Å². The van der Waals surface area contributed by atoms with Crippen LogP contribution < -0.4 is 5.32 Å². The zero-order chi connectivity index (χ0) is 13.8. The van der Waals surface area contributed by atoms with Crippen molar-refractivity contribution in [3.63, 3.8) is 0 Å². The number of carbonyl (C=O) groups is 1. The maximum Gasteiger partial charge on any atom is 0.337 e. The molecule has 19 heavy (non-hydrogen) atoms. The normalized spacial score (nSPS) is 10.4. The number of para-hydroxylation sites is 1. The molecule has 3 nitrogen and oxygen atoms in total. The maximum absolute atomic E-state index is 11.2. The second kappa shape index (κ2) is 6.21. The number of benzene rings is 1. The molecule has 0 aliphatic heterocycles. The summed E-state index contributed by atoms with van der Waals surface area (Å²) >= 11 is 5.13. The SMILES string of the molecule is Cc1cccc(C(=O)O)c1NCCc1ccc(Br)s1. The van der Waals surface area contributed by atoms with Crippen LogP contribution in [0.25, 0.3) is 0 Å². The van der Waals surface area contributed by atoms with Crippen LogP contribution in [0.15, 0.2) is 34.1 Å². The lowest BCUT2D eigenvalue weighted by Crippen LogP contribution is -2.10. The fraction of sp³-hybridized carbons (Fsp3) is 0.214. The predicted molar refractivity (Wildman–Crippen MR) is 82.4 cm³/mol. The number of rotatable bonds is 5. The number of halogens is 1. The molecule has 2 aromatic rings. The number of thiophene rings is 1. The average Bonchev–Trinajstić information content (AvgIpc) is 2.77. The van der Waals surface area contributed by atoms with Gasteiger partial charge in [-0.05, 0) is 53.0 Å². The number of aryl methyl sites for hydroxylation is 1. The molecule has 0 spiro atoms. The van der Waals surface area contributed by atoms with Crippen molar-refractivity contribution in [3.05, 3.63) is 50.1 Å². The molecule has 100 valence electrons. The highest BCUT2D eigenvalue weighted by atomic mass is 79.9. The van der Waals surface area contributed by atoms with Crippen molar-refractivity contribution < 1.29 is 9.90 Å². The minimum atomic E-state index is -0.898. The van der Waals surface area contributed by atoms with E-state index in [2.05, 4.69) is 27.3 Å². The van der Waals surface area contributed by atoms with Crippen molar-refractivity contribution in [2.24, 2.45) is 0 Å². The third kappa shape index (κ3) is 3.58. The Bertz CT molecular complexity index is 595. The Morgan fingerprint density at radius 3 is 2.79 bits per heavy atom. The van der Waals surface area contributed by atoms with Crippen molar-refractivity contribution >= 4 is 38.9 Å². The monoisotopic (exact) mass is 339 g/mol. The van der Waals surface area contributed by atoms with Crippen LogP contribution in [0.5, 0.6) is 0 Å². The highest BCUT2D eigenvalue weighted by Gasteiger charge is 2.11. The van der Waals surface area contributed by atoms with E-state index in [0.717, 1.165) is 22.3 Å². The van der Waals surface area contributed by atoms with Crippen LogP contribution in [-0.4, -0.2) is 17.6 Å². The van der Waals surface area contributed by atoms with Gasteiger partial charge in [-0.15, -0.1) is 11.3 Å². The molecule has 1 aromatic carbocycles. The molecular weight excluding hydrogens is 326 g/mol. The molecule has 1 heterocycles. The molecule has 5 heteroatoms. The Labute approximate surface area is 124 Å². The summed E-state index contributed by atoms with van der Waals surface area (Å²) in [5.41, 5.74) is 1.99. The number of nitrogens with one attached hydrogen (secondary N) is 1. The lowest BCUT2D eigenvalue weighted by atomic mass is 10.1. The van der Waals surface area contributed by atoms with Crippen LogP contribution in [0.2, 0.25) is 0 Å². The molecule has 0 atom stereocenters. The van der Waals surface area contributed by atoms with Gasteiger partial charge in [0.05, 0.1) is 15.0 Å². The minimum absolute atomic E-state index is 0.326. The van der Waals surface area contributed by atoms with Crippen molar-refractivity contribution in [1.82, 2.24) is 0 Å². The van der Waals surface area contributed by atoms with Gasteiger partial charge in [0.2, 0.25) is 0 Å². The largest absolute Gasteiger partial charge is 0.478 e. The molecule has 0 amide bonds. The van der Waals surface area contributed by atoms with Gasteiger partial charge in [-0.3, -0.25) is 0 Å². The summed E-state index contributed by atoms with van der Waals surface area (Å²) in [6.07, 6.45) is 0.879. The number of hydrogen-bond donors (Lipinski definition) is 2. The molecule has 0 radical (unpaired) electrons. The number of carboxylic acids is 1. The summed E-state index contributed by atoms with van der Waals surface area (Å²) in [5.74, 6) is -0.898. The fourth-order valence-corrected chi connectivity index (χ4v) is 3.36. The molecule has 0 aliphatic carbocycles. The first-order valence-electron chi connectivity index (χ1n) is 5.89. The van der Waals surface area contributed by atoms with Crippen LogP contribution >= 0.6 is 27.3 Å². The minimum Gasteiger partial charge on any atom is -0.478 e. The van der Waals surface area contributed by atoms with Crippen LogP contribution in [0.3, 0.4) is 0 Å². The van der Waals surface area contributed by atoms with Gasteiger partial charge in [0.15, 0.2) is 0 Å². The summed E-state index contributed by atoms with van der Waals surface area (Å²) < 4.78 is 1.12. The molecule has 0 unspecified atom stereocenters. The van der Waals surface area contributed by atoms with E-state index in [-0.39, 0.29) is 0 Å². The summed E-state index contributed by atoms with van der Waals surface area (Å²) in [5, 5.41) is 12.4. The first kappa shape index (κ1) is 14.1. The Morgan fingerprint density at radius 1 is 1.37 bits per heavy atom. The highest BCUT2D eigenvalue weighted by Crippen LogP contribution is 2.24. The lowest BCUT2D eigenvalue weighted by molar-refractivity contribution is 0.0698. The zero-order valence-corrected chi connectivity index (χ0v) is 12.8. The van der Waals surface area contributed by atoms with Gasteiger partial charge in [-0.1, -0.05) is 12.1 Å². The molecule has 0 saturated heterocycles. The van der Waals surface area contributed by atoms with Crippen LogP contribution in [0.1, 0.15) is 20.8 Å². The molecule has 1 aromatic heterocycles. The molecule has 2 N–H and O–H groups in total. The molecule has 2 rings (SSSR count). The number of carboxylic acid groups (broad SMARTS) is 1. The van der Waals surface area contributed by atoms with Gasteiger partial charge in [0.25, 0.3) is 0 Å². The van der Waals surface area contributed by atoms with Gasteiger partial charge >= 0.3 is 5.97 Å². The van der Waals surface area contributed by atoms with Gasteiger partial charge in [0.1, 0.15) is 0 Å². The van der Waals surface area contributed by atoms with Gasteiger partial charge in [-0.25, -0.2) is 4.79 Å². The maximum atomic E-state index is 11.2. The van der Waals surface area contributed by atoms with E-state index < -0.39 is 5.97 Å². The number of hydrogen-bond acceptors (Lipinski definition) is 3. The summed E-state index contributed by atoms with van der Waals surface area (Å²) in [6.45, 7) is 2.63. The van der Waals surface area contributed by atoms with E-state index in [1.165, 1.54) is 4.88 Å². The molecule has 0 fully saturated rings. The van der Waals surface area contributed by atoms with E-state index in [0.29, 0.717) is 11.3 Å². The summed E-state index contributed by atoms with van der Waals surface area (Å²) in [6, 6.07) is 9.40. The van der Waals surface area contributed by atoms with E-state index >= 15 is 0 Å². The average molecular weight is 340 g/mol. The number of anilines is 1. The summed E-state index contributed by atoms with van der Waals surface area (Å²) in [4.78, 5) is 12.4. The molecule has 0 aliphatic rings. The van der Waals surface area contributed by atoms with Crippen molar-refractivity contribution in [2.75, 3.05) is 11.9 Å². The van der Waals surface area contributed by atoms with Crippen molar-refractivity contribution in [2.45, 2.75) is 13.3 Å². The van der Waals surface area contributed by atoms with Crippen LogP contribution in [-0.2, 0) is 6.42 Å². The first-order valence-corrected chi connectivity index (χ1v) is 7.50. The highest BCUT2D eigenvalue weighted by molar-refractivity contribution is 9.11. The quantitative estimate of drug-likeness (QED) is 0.859. The van der Waals surface area contributed by atoms with Gasteiger partial charge in [-0.2, -0.15) is 0 Å². The standard InChI is InChI=1S/C14H14BrNO2S/c1-9-3-2-4-11(14(17)18)13(9)16-8-7-10-5-6-12(15)19-10/h2-6,16H,7-8H2,1H3,(H,17,18). The third-order valence-electron chi connectivity index (χ3n) is 2.81. The fourth-order valence-electron chi connectivity index (χ4n) is 1.88. The van der Waals surface area contributed by atoms with Crippen molar-refractivity contribution in [1.29, 1.82) is 0 Å². The smallest absolute Gasteiger partial charge is 0.337 e. The zero-order valence-electron chi connectivity index (χ0n) is 10.4. The Hall–Kier alpha value is -1.33. The van der Waals surface area contributed by atoms with Crippen molar-refractivity contribution in [3.8, 4) is 0 Å². The topological polar surface area (TPSA) is 49.3 Å². The Morgan fingerprint density at radius 2 is 2.16 bits per heavy atom. The van der Waals surface area contributed by atoms with E-state index in [1.54, 1.807) is 23.5 Å². The molecule has 0 bridgehead atoms. The van der Waals surface area contributed by atoms with Gasteiger partial charge in [0, 0.05) is 11.4 Å². The van der Waals surface area contributed by atoms with Gasteiger partial charge < -0.3 is 10.4 Å². The predicted octanol–water partition coefficient (Wildman–Crippen LogP) is 4.17. The van der Waals surface area contributed by atoms with Crippen LogP contribution in [0.4, 0.5) is 5.69 Å². The Kier molecular flexibility index (Phi) is 4.61. The van der Waals surface area contributed by atoms with E-state index in [9.17, 15) is 4.79 Å². The lowest BCUT2D eigenvalue weighted by Gasteiger charge is -2.12. The Balaban J connectivity index is 2.05. The second-order valence-corrected chi connectivity index (χ2v) is 6.73. The second-order valence-electron chi connectivity index (χ2n) is 4.19. The third-order valence-corrected chi connectivity index (χ3v) is 4.49. The summed E-state index contributed by atoms with van der Waals surface area (Å²) in [7, 11) is 0. The van der Waals surface area contributed by atoms with E-state index in [1.807, 2.05) is 19.1 Å². The number of aromatic carboxylic acids is 1.